The lowest BCUT2D eigenvalue weighted by Gasteiger charge is -2.22. The highest BCUT2D eigenvalue weighted by atomic mass is 16.5. The van der Waals surface area contributed by atoms with E-state index in [0.717, 1.165) is 37.0 Å². The van der Waals surface area contributed by atoms with E-state index in [-0.39, 0.29) is 12.2 Å². The largest absolute Gasteiger partial charge is 0.491 e. The van der Waals surface area contributed by atoms with Crippen LogP contribution < -0.4 is 4.74 Å². The molecule has 1 saturated carbocycles. The second kappa shape index (κ2) is 6.80. The Labute approximate surface area is 127 Å². The van der Waals surface area contributed by atoms with Crippen molar-refractivity contribution in [1.29, 1.82) is 0 Å². The van der Waals surface area contributed by atoms with Crippen molar-refractivity contribution < 1.29 is 14.9 Å². The smallest absolute Gasteiger partial charge is 0.119 e. The van der Waals surface area contributed by atoms with Crippen molar-refractivity contribution in [1.82, 2.24) is 0 Å². The van der Waals surface area contributed by atoms with Crippen molar-refractivity contribution in [2.75, 3.05) is 6.61 Å². The Bertz CT molecular complexity index is 466. The molecule has 1 fully saturated rings. The fourth-order valence-electron chi connectivity index (χ4n) is 3.73. The van der Waals surface area contributed by atoms with Crippen LogP contribution in [0.25, 0.3) is 0 Å². The van der Waals surface area contributed by atoms with Crippen LogP contribution in [0.15, 0.2) is 18.2 Å². The summed E-state index contributed by atoms with van der Waals surface area (Å²) >= 11 is 0. The molecule has 2 aliphatic rings. The van der Waals surface area contributed by atoms with Gasteiger partial charge in [-0.05, 0) is 54.9 Å². The fraction of sp³-hybridized carbons (Fsp3) is 0.667. The highest BCUT2D eigenvalue weighted by Crippen LogP contribution is 2.32. The third-order valence-electron chi connectivity index (χ3n) is 4.92. The molecule has 2 N–H and O–H groups in total. The fourth-order valence-corrected chi connectivity index (χ4v) is 3.73. The summed E-state index contributed by atoms with van der Waals surface area (Å²) in [6, 6.07) is 5.96. The van der Waals surface area contributed by atoms with E-state index >= 15 is 0 Å². The van der Waals surface area contributed by atoms with Gasteiger partial charge in [0.15, 0.2) is 0 Å². The molecule has 0 heterocycles. The third-order valence-corrected chi connectivity index (χ3v) is 4.92. The number of benzene rings is 1. The highest BCUT2D eigenvalue weighted by molar-refractivity contribution is 5.38. The number of hydrogen-bond donors (Lipinski definition) is 2. The Morgan fingerprint density at radius 2 is 1.95 bits per heavy atom. The monoisotopic (exact) mass is 290 g/mol. The molecule has 3 rings (SSSR count). The van der Waals surface area contributed by atoms with E-state index in [4.69, 9.17) is 4.74 Å². The molecule has 1 aromatic rings. The van der Waals surface area contributed by atoms with E-state index in [1.807, 2.05) is 12.1 Å². The molecule has 1 unspecified atom stereocenters. The van der Waals surface area contributed by atoms with Gasteiger partial charge in [0.25, 0.3) is 0 Å². The van der Waals surface area contributed by atoms with E-state index < -0.39 is 0 Å². The van der Waals surface area contributed by atoms with Gasteiger partial charge in [-0.2, -0.15) is 0 Å². The minimum absolute atomic E-state index is 0.353. The molecule has 1 aromatic carbocycles. The van der Waals surface area contributed by atoms with Gasteiger partial charge in [0.2, 0.25) is 0 Å². The van der Waals surface area contributed by atoms with Crippen LogP contribution in [-0.2, 0) is 6.42 Å². The summed E-state index contributed by atoms with van der Waals surface area (Å²) < 4.78 is 5.73. The van der Waals surface area contributed by atoms with Crippen molar-refractivity contribution in [3.8, 4) is 5.75 Å². The number of aliphatic hydroxyl groups is 2. The molecule has 21 heavy (non-hydrogen) atoms. The Balaban J connectivity index is 1.54. The first-order chi connectivity index (χ1) is 10.2. The number of aliphatic hydroxyl groups excluding tert-OH is 2. The average molecular weight is 290 g/mol. The van der Waals surface area contributed by atoms with Gasteiger partial charge in [0, 0.05) is 0 Å². The van der Waals surface area contributed by atoms with Crippen molar-refractivity contribution >= 4 is 0 Å². The number of hydrogen-bond acceptors (Lipinski definition) is 3. The topological polar surface area (TPSA) is 49.7 Å². The second-order valence-corrected chi connectivity index (χ2v) is 6.62. The van der Waals surface area contributed by atoms with Crippen LogP contribution in [0.1, 0.15) is 62.2 Å². The predicted molar refractivity (Wildman–Crippen MR) is 82.4 cm³/mol. The molecule has 0 saturated heterocycles. The molecule has 2 aliphatic carbocycles. The molecule has 3 nitrogen and oxygen atoms in total. The summed E-state index contributed by atoms with van der Waals surface area (Å²) in [6.07, 6.45) is 8.15. The van der Waals surface area contributed by atoms with Gasteiger partial charge in [-0.15, -0.1) is 0 Å². The molecular weight excluding hydrogens is 264 g/mol. The predicted octanol–water partition coefficient (Wildman–Crippen LogP) is 3.38. The van der Waals surface area contributed by atoms with Gasteiger partial charge in [-0.1, -0.05) is 31.7 Å². The molecule has 2 atom stereocenters. The Kier molecular flexibility index (Phi) is 4.81. The van der Waals surface area contributed by atoms with Gasteiger partial charge >= 0.3 is 0 Å². The molecule has 0 radical (unpaired) electrons. The Hall–Kier alpha value is -1.06. The average Bonchev–Trinajstić information content (AvgIpc) is 2.98. The minimum atomic E-state index is -0.381. The summed E-state index contributed by atoms with van der Waals surface area (Å²) in [5.41, 5.74) is 2.23. The first-order valence-electron chi connectivity index (χ1n) is 8.34. The zero-order valence-electron chi connectivity index (χ0n) is 12.6. The van der Waals surface area contributed by atoms with Crippen molar-refractivity contribution in [3.63, 3.8) is 0 Å². The van der Waals surface area contributed by atoms with E-state index in [2.05, 4.69) is 6.07 Å². The van der Waals surface area contributed by atoms with Crippen molar-refractivity contribution in [3.05, 3.63) is 29.3 Å². The van der Waals surface area contributed by atoms with Gasteiger partial charge in [0.05, 0.1) is 12.2 Å². The highest BCUT2D eigenvalue weighted by Gasteiger charge is 2.20. The summed E-state index contributed by atoms with van der Waals surface area (Å²) in [6.45, 7) is 0.353. The third kappa shape index (κ3) is 3.78. The maximum atomic E-state index is 10.1. The normalized spacial score (nSPS) is 23.8. The lowest BCUT2D eigenvalue weighted by atomic mass is 9.89. The summed E-state index contributed by atoms with van der Waals surface area (Å²) in [5, 5.41) is 20.1. The quantitative estimate of drug-likeness (QED) is 0.874. The second-order valence-electron chi connectivity index (χ2n) is 6.62. The van der Waals surface area contributed by atoms with Crippen molar-refractivity contribution in [2.45, 2.75) is 63.6 Å². The number of rotatable bonds is 5. The van der Waals surface area contributed by atoms with Gasteiger partial charge in [-0.25, -0.2) is 0 Å². The Morgan fingerprint density at radius 3 is 2.76 bits per heavy atom. The van der Waals surface area contributed by atoms with E-state index in [1.165, 1.54) is 31.2 Å². The van der Waals surface area contributed by atoms with Crippen LogP contribution in [0.4, 0.5) is 0 Å². The number of aryl methyl sites for hydroxylation is 1. The van der Waals surface area contributed by atoms with Crippen LogP contribution in [0, 0.1) is 5.92 Å². The lowest BCUT2D eigenvalue weighted by Crippen LogP contribution is -2.20. The summed E-state index contributed by atoms with van der Waals surface area (Å²) in [4.78, 5) is 0. The van der Waals surface area contributed by atoms with Crippen LogP contribution in [0.2, 0.25) is 0 Å². The first-order valence-corrected chi connectivity index (χ1v) is 8.34. The number of fused-ring (bicyclic) bond motifs is 1. The maximum absolute atomic E-state index is 10.1. The zero-order valence-corrected chi connectivity index (χ0v) is 12.6. The summed E-state index contributed by atoms with van der Waals surface area (Å²) in [7, 11) is 0. The molecule has 0 amide bonds. The molecule has 0 bridgehead atoms. The molecule has 3 heteroatoms. The molecule has 0 spiro atoms. The van der Waals surface area contributed by atoms with E-state index in [0.29, 0.717) is 12.5 Å². The summed E-state index contributed by atoms with van der Waals surface area (Å²) in [5.74, 6) is 1.44. The first kappa shape index (κ1) is 14.9. The van der Waals surface area contributed by atoms with Crippen LogP contribution in [0.5, 0.6) is 5.75 Å². The maximum Gasteiger partial charge on any atom is 0.119 e. The standard InChI is InChI=1S/C18H26O3/c19-15(10-13-4-1-2-5-13)12-21-16-9-8-14-6-3-7-18(20)17(14)11-16/h8-9,11,13,15,18-20H,1-7,10,12H2/t15?,18-/m1/s1. The van der Waals surface area contributed by atoms with Gasteiger partial charge < -0.3 is 14.9 Å². The minimum Gasteiger partial charge on any atom is -0.491 e. The molecule has 0 aliphatic heterocycles. The van der Waals surface area contributed by atoms with E-state index in [9.17, 15) is 10.2 Å². The lowest BCUT2D eigenvalue weighted by molar-refractivity contribution is 0.0852. The van der Waals surface area contributed by atoms with Crippen molar-refractivity contribution in [2.24, 2.45) is 5.92 Å². The van der Waals surface area contributed by atoms with Crippen LogP contribution in [0.3, 0.4) is 0 Å². The Morgan fingerprint density at radius 1 is 1.14 bits per heavy atom. The van der Waals surface area contributed by atoms with Gasteiger partial charge in [-0.3, -0.25) is 0 Å². The number of ether oxygens (including phenoxy) is 1. The van der Waals surface area contributed by atoms with Crippen LogP contribution in [-0.4, -0.2) is 22.9 Å². The van der Waals surface area contributed by atoms with Gasteiger partial charge in [0.1, 0.15) is 12.4 Å². The van der Waals surface area contributed by atoms with E-state index in [1.54, 1.807) is 0 Å². The van der Waals surface area contributed by atoms with Crippen LogP contribution >= 0.6 is 0 Å². The SMILES string of the molecule is OC(COc1ccc2c(c1)[C@H](O)CCC2)CC1CCCC1. The molecule has 116 valence electrons. The molecule has 0 aromatic heterocycles. The molecular formula is C18H26O3. The zero-order chi connectivity index (χ0) is 14.7.